The fourth-order valence-corrected chi connectivity index (χ4v) is 2.36. The Labute approximate surface area is 92.7 Å². The molecule has 0 saturated heterocycles. The van der Waals surface area contributed by atoms with Gasteiger partial charge >= 0.3 is 0 Å². The minimum Gasteiger partial charge on any atom is -0.293 e. The zero-order valence-corrected chi connectivity index (χ0v) is 8.99. The number of para-hydroxylation sites is 1. The van der Waals surface area contributed by atoms with Crippen molar-refractivity contribution >= 4 is 22.6 Å². The average molecular weight is 213 g/mol. The number of fused-ring (bicyclic) bond motifs is 3. The normalized spacial score (nSPS) is 15.6. The molecule has 1 aromatic heterocycles. The summed E-state index contributed by atoms with van der Waals surface area (Å²) in [5.74, 6) is 0.0918. The van der Waals surface area contributed by atoms with Crippen LogP contribution in [0.15, 0.2) is 24.3 Å². The van der Waals surface area contributed by atoms with Gasteiger partial charge in [-0.25, -0.2) is 0 Å². The van der Waals surface area contributed by atoms with Crippen LogP contribution in [0.3, 0.4) is 0 Å². The maximum absolute atomic E-state index is 11.9. The van der Waals surface area contributed by atoms with Gasteiger partial charge in [0.05, 0.1) is 11.2 Å². The minimum atomic E-state index is 0.0268. The molecule has 0 saturated carbocycles. The fourth-order valence-electron chi connectivity index (χ4n) is 2.36. The highest BCUT2D eigenvalue weighted by atomic mass is 16.2. The molecule has 0 N–H and O–H groups in total. The lowest BCUT2D eigenvalue weighted by molar-refractivity contribution is 0.0821. The largest absolute Gasteiger partial charge is 0.293 e. The first-order valence-corrected chi connectivity index (χ1v) is 5.36. The monoisotopic (exact) mass is 213 g/mol. The van der Waals surface area contributed by atoms with Crippen LogP contribution in [0.5, 0.6) is 0 Å². The summed E-state index contributed by atoms with van der Waals surface area (Å²) in [5, 5.41) is 0.971. The maximum atomic E-state index is 11.9. The van der Waals surface area contributed by atoms with E-state index in [0.29, 0.717) is 18.5 Å². The number of nitrogens with zero attached hydrogens (tertiary/aromatic N) is 1. The third-order valence-electron chi connectivity index (χ3n) is 3.13. The summed E-state index contributed by atoms with van der Waals surface area (Å²) in [6.07, 6.45) is 0.665. The topological polar surface area (TPSA) is 39.1 Å². The summed E-state index contributed by atoms with van der Waals surface area (Å²) in [6.45, 7) is 1.96. The fraction of sp³-hybridized carbons (Fsp3) is 0.231. The Morgan fingerprint density at radius 1 is 1.19 bits per heavy atom. The van der Waals surface area contributed by atoms with E-state index < -0.39 is 0 Å². The van der Waals surface area contributed by atoms with Crippen molar-refractivity contribution in [2.75, 3.05) is 0 Å². The molecule has 0 aliphatic carbocycles. The molecule has 0 radical (unpaired) electrons. The van der Waals surface area contributed by atoms with Crippen LogP contribution in [-0.4, -0.2) is 16.3 Å². The van der Waals surface area contributed by atoms with Gasteiger partial charge in [-0.1, -0.05) is 18.2 Å². The predicted octanol–water partition coefficient (Wildman–Crippen LogP) is 2.57. The smallest absolute Gasteiger partial charge is 0.232 e. The van der Waals surface area contributed by atoms with Crippen molar-refractivity contribution in [3.8, 4) is 0 Å². The lowest BCUT2D eigenvalue weighted by atomic mass is 10.1. The first-order chi connectivity index (χ1) is 7.68. The molecular weight excluding hydrogens is 202 g/mol. The lowest BCUT2D eigenvalue weighted by Crippen LogP contribution is -2.23. The van der Waals surface area contributed by atoms with Gasteiger partial charge in [-0.05, 0) is 18.6 Å². The first-order valence-electron chi connectivity index (χ1n) is 5.36. The highest BCUT2D eigenvalue weighted by Crippen LogP contribution is 2.27. The number of aryl methyl sites for hydroxylation is 1. The Morgan fingerprint density at radius 3 is 2.81 bits per heavy atom. The minimum absolute atomic E-state index is 0.0268. The molecule has 1 aromatic carbocycles. The van der Waals surface area contributed by atoms with Crippen molar-refractivity contribution in [2.24, 2.45) is 0 Å². The SMILES string of the molecule is Cc1cccc2cc3n(c12)C(=O)CCC3=O. The van der Waals surface area contributed by atoms with E-state index in [1.165, 1.54) is 0 Å². The van der Waals surface area contributed by atoms with Crippen molar-refractivity contribution in [1.82, 2.24) is 4.57 Å². The number of carbonyl (C=O) groups is 2. The van der Waals surface area contributed by atoms with Gasteiger partial charge in [0.25, 0.3) is 0 Å². The van der Waals surface area contributed by atoms with E-state index in [4.69, 9.17) is 0 Å². The molecule has 2 heterocycles. The number of benzene rings is 1. The second kappa shape index (κ2) is 3.04. The number of aromatic nitrogens is 1. The number of hydrogen-bond donors (Lipinski definition) is 0. The van der Waals surface area contributed by atoms with Crippen LogP contribution in [0.4, 0.5) is 0 Å². The molecule has 0 spiro atoms. The van der Waals surface area contributed by atoms with Crippen LogP contribution < -0.4 is 0 Å². The highest BCUT2D eigenvalue weighted by Gasteiger charge is 2.25. The number of Topliss-reactive ketones (excluding diaryl/α,β-unsaturated/α-hetero) is 1. The van der Waals surface area contributed by atoms with Crippen molar-refractivity contribution < 1.29 is 9.59 Å². The van der Waals surface area contributed by atoms with Crippen molar-refractivity contribution in [3.05, 3.63) is 35.5 Å². The summed E-state index contributed by atoms with van der Waals surface area (Å²) in [6, 6.07) is 7.66. The van der Waals surface area contributed by atoms with Gasteiger partial charge in [0.2, 0.25) is 5.91 Å². The van der Waals surface area contributed by atoms with Gasteiger partial charge in [0.15, 0.2) is 5.78 Å². The molecule has 1 aliphatic heterocycles. The zero-order chi connectivity index (χ0) is 11.3. The molecule has 0 fully saturated rings. The van der Waals surface area contributed by atoms with Gasteiger partial charge in [-0.2, -0.15) is 0 Å². The first kappa shape index (κ1) is 9.33. The standard InChI is InChI=1S/C13H11NO2/c1-8-3-2-4-9-7-10-11(15)5-6-12(16)14(10)13(8)9/h2-4,7H,5-6H2,1H3. The predicted molar refractivity (Wildman–Crippen MR) is 60.9 cm³/mol. The molecule has 1 aliphatic rings. The third kappa shape index (κ3) is 1.08. The van der Waals surface area contributed by atoms with E-state index in [1.54, 1.807) is 4.57 Å². The van der Waals surface area contributed by atoms with Gasteiger partial charge in [-0.3, -0.25) is 14.2 Å². The molecule has 2 aromatic rings. The van der Waals surface area contributed by atoms with Crippen LogP contribution in [0.2, 0.25) is 0 Å². The quantitative estimate of drug-likeness (QED) is 0.674. The number of ketones is 1. The second-order valence-electron chi connectivity index (χ2n) is 4.19. The van der Waals surface area contributed by atoms with E-state index in [0.717, 1.165) is 16.5 Å². The Hall–Kier alpha value is -1.90. The Kier molecular flexibility index (Phi) is 1.78. The van der Waals surface area contributed by atoms with Crippen LogP contribution in [0.25, 0.3) is 10.9 Å². The average Bonchev–Trinajstić information content (AvgIpc) is 2.65. The van der Waals surface area contributed by atoms with E-state index in [1.807, 2.05) is 31.2 Å². The van der Waals surface area contributed by atoms with Crippen molar-refractivity contribution in [2.45, 2.75) is 19.8 Å². The van der Waals surface area contributed by atoms with E-state index in [9.17, 15) is 9.59 Å². The molecule has 16 heavy (non-hydrogen) atoms. The lowest BCUT2D eigenvalue weighted by Gasteiger charge is -2.14. The molecule has 80 valence electrons. The Balaban J connectivity index is 2.48. The molecule has 3 nitrogen and oxygen atoms in total. The zero-order valence-electron chi connectivity index (χ0n) is 8.99. The number of hydrogen-bond acceptors (Lipinski definition) is 2. The highest BCUT2D eigenvalue weighted by molar-refractivity contribution is 6.10. The summed E-state index contributed by atoms with van der Waals surface area (Å²) in [4.78, 5) is 23.6. The van der Waals surface area contributed by atoms with Crippen molar-refractivity contribution in [3.63, 3.8) is 0 Å². The number of rotatable bonds is 0. The Morgan fingerprint density at radius 2 is 2.00 bits per heavy atom. The molecule has 3 heteroatoms. The maximum Gasteiger partial charge on any atom is 0.232 e. The molecular formula is C13H11NO2. The summed E-state index contributed by atoms with van der Waals surface area (Å²) >= 11 is 0. The molecule has 0 atom stereocenters. The molecule has 0 unspecified atom stereocenters. The van der Waals surface area contributed by atoms with Gasteiger partial charge in [-0.15, -0.1) is 0 Å². The summed E-state index contributed by atoms with van der Waals surface area (Å²) in [7, 11) is 0. The van der Waals surface area contributed by atoms with Gasteiger partial charge in [0.1, 0.15) is 0 Å². The van der Waals surface area contributed by atoms with E-state index in [-0.39, 0.29) is 11.7 Å². The van der Waals surface area contributed by atoms with Gasteiger partial charge < -0.3 is 0 Å². The molecule has 3 rings (SSSR count). The summed E-state index contributed by atoms with van der Waals surface area (Å²) in [5.41, 5.74) is 2.46. The molecule has 0 bridgehead atoms. The van der Waals surface area contributed by atoms with E-state index >= 15 is 0 Å². The number of carbonyl (C=O) groups excluding carboxylic acids is 2. The van der Waals surface area contributed by atoms with Crippen LogP contribution in [0, 0.1) is 6.92 Å². The van der Waals surface area contributed by atoms with Crippen LogP contribution in [-0.2, 0) is 0 Å². The second-order valence-corrected chi connectivity index (χ2v) is 4.19. The van der Waals surface area contributed by atoms with Crippen LogP contribution >= 0.6 is 0 Å². The van der Waals surface area contributed by atoms with Gasteiger partial charge in [0, 0.05) is 18.2 Å². The van der Waals surface area contributed by atoms with Crippen LogP contribution in [0.1, 0.15) is 33.7 Å². The van der Waals surface area contributed by atoms with Crippen molar-refractivity contribution in [1.29, 1.82) is 0 Å². The van der Waals surface area contributed by atoms with E-state index in [2.05, 4.69) is 0 Å². The Bertz CT molecular complexity index is 622. The molecule has 0 amide bonds. The summed E-state index contributed by atoms with van der Waals surface area (Å²) < 4.78 is 1.58. The third-order valence-corrected chi connectivity index (χ3v) is 3.13.